The first-order valence-corrected chi connectivity index (χ1v) is 5.48. The molecule has 0 aliphatic heterocycles. The summed E-state index contributed by atoms with van der Waals surface area (Å²) in [6.45, 7) is 0.109. The zero-order chi connectivity index (χ0) is 14.0. The Morgan fingerprint density at radius 1 is 1.47 bits per heavy atom. The molecule has 0 unspecified atom stereocenters. The van der Waals surface area contributed by atoms with Crippen molar-refractivity contribution in [3.05, 3.63) is 47.5 Å². The summed E-state index contributed by atoms with van der Waals surface area (Å²) in [5.41, 5.74) is 4.44. The maximum atomic E-state index is 13.6. The number of imidazole rings is 1. The van der Waals surface area contributed by atoms with E-state index in [0.717, 1.165) is 12.1 Å². The number of aryl methyl sites for hydroxylation is 1. The van der Waals surface area contributed by atoms with E-state index in [-0.39, 0.29) is 6.54 Å². The Kier molecular flexibility index (Phi) is 3.46. The van der Waals surface area contributed by atoms with E-state index in [2.05, 4.69) is 10.3 Å². The molecule has 1 aromatic heterocycles. The molecule has 2 rings (SSSR count). The van der Waals surface area contributed by atoms with Gasteiger partial charge in [-0.3, -0.25) is 4.79 Å². The molecule has 100 valence electrons. The van der Waals surface area contributed by atoms with Crippen molar-refractivity contribution in [1.29, 1.82) is 0 Å². The molecule has 5 nitrogen and oxygen atoms in total. The Bertz CT molecular complexity index is 624. The second-order valence-electron chi connectivity index (χ2n) is 3.99. The minimum atomic E-state index is -0.932. The maximum Gasteiger partial charge on any atom is 0.254 e. The Morgan fingerprint density at radius 2 is 2.21 bits per heavy atom. The van der Waals surface area contributed by atoms with Crippen LogP contribution in [-0.4, -0.2) is 15.5 Å². The number of nitrogens with one attached hydrogen (secondary N) is 1. The minimum absolute atomic E-state index is 0.109. The van der Waals surface area contributed by atoms with Crippen molar-refractivity contribution >= 4 is 11.6 Å². The number of hydrogen-bond donors (Lipinski definition) is 2. The van der Waals surface area contributed by atoms with Gasteiger partial charge in [-0.05, 0) is 12.1 Å². The van der Waals surface area contributed by atoms with Gasteiger partial charge in [0.15, 0.2) is 5.82 Å². The highest BCUT2D eigenvalue weighted by atomic mass is 19.1. The highest BCUT2D eigenvalue weighted by Gasteiger charge is 2.16. The molecule has 1 aromatic carbocycles. The number of rotatable bonds is 3. The monoisotopic (exact) mass is 266 g/mol. The van der Waals surface area contributed by atoms with Crippen LogP contribution in [0.2, 0.25) is 0 Å². The SMILES string of the molecule is Cn1ccnc1CNC(=O)c1cc(F)cc(N)c1F. The summed E-state index contributed by atoms with van der Waals surface area (Å²) in [6.07, 6.45) is 3.28. The number of nitrogen functional groups attached to an aromatic ring is 1. The van der Waals surface area contributed by atoms with Crippen LogP contribution in [0.5, 0.6) is 0 Å². The van der Waals surface area contributed by atoms with Gasteiger partial charge in [-0.15, -0.1) is 0 Å². The van der Waals surface area contributed by atoms with Gasteiger partial charge in [0.05, 0.1) is 17.8 Å². The van der Waals surface area contributed by atoms with Crippen LogP contribution in [0, 0.1) is 11.6 Å². The standard InChI is InChI=1S/C12H12F2N4O/c1-18-3-2-16-10(18)6-17-12(19)8-4-7(13)5-9(15)11(8)14/h2-5H,6,15H2,1H3,(H,17,19). The fraction of sp³-hybridized carbons (Fsp3) is 0.167. The molecule has 1 amide bonds. The summed E-state index contributed by atoms with van der Waals surface area (Å²) in [6, 6.07) is 1.63. The number of carbonyl (C=O) groups excluding carboxylic acids is 1. The minimum Gasteiger partial charge on any atom is -0.396 e. The van der Waals surface area contributed by atoms with E-state index in [9.17, 15) is 13.6 Å². The van der Waals surface area contributed by atoms with Crippen LogP contribution in [0.25, 0.3) is 0 Å². The van der Waals surface area contributed by atoms with E-state index in [0.29, 0.717) is 5.82 Å². The Morgan fingerprint density at radius 3 is 2.84 bits per heavy atom. The van der Waals surface area contributed by atoms with Crippen molar-refractivity contribution in [3.8, 4) is 0 Å². The predicted molar refractivity (Wildman–Crippen MR) is 65.1 cm³/mol. The smallest absolute Gasteiger partial charge is 0.254 e. The molecule has 0 saturated carbocycles. The first kappa shape index (κ1) is 13.0. The molecule has 0 aliphatic carbocycles. The number of anilines is 1. The summed E-state index contributed by atoms with van der Waals surface area (Å²) in [7, 11) is 1.76. The van der Waals surface area contributed by atoms with E-state index in [1.807, 2.05) is 0 Å². The first-order valence-electron chi connectivity index (χ1n) is 5.48. The third kappa shape index (κ3) is 2.70. The van der Waals surface area contributed by atoms with Crippen LogP contribution in [0.1, 0.15) is 16.2 Å². The van der Waals surface area contributed by atoms with Gasteiger partial charge in [0, 0.05) is 19.4 Å². The lowest BCUT2D eigenvalue weighted by Crippen LogP contribution is -2.25. The van der Waals surface area contributed by atoms with Gasteiger partial charge >= 0.3 is 0 Å². The van der Waals surface area contributed by atoms with Gasteiger partial charge in [-0.2, -0.15) is 0 Å². The van der Waals surface area contributed by atoms with Crippen molar-refractivity contribution in [2.24, 2.45) is 7.05 Å². The Labute approximate surface area is 108 Å². The summed E-state index contributed by atoms with van der Waals surface area (Å²) in [4.78, 5) is 15.8. The van der Waals surface area contributed by atoms with E-state index in [1.54, 1.807) is 24.0 Å². The highest BCUT2D eigenvalue weighted by molar-refractivity contribution is 5.95. The topological polar surface area (TPSA) is 72.9 Å². The van der Waals surface area contributed by atoms with Crippen LogP contribution in [0.4, 0.5) is 14.5 Å². The van der Waals surface area contributed by atoms with Gasteiger partial charge in [0.2, 0.25) is 0 Å². The third-order valence-electron chi connectivity index (χ3n) is 2.64. The predicted octanol–water partition coefficient (Wildman–Crippen LogP) is 1.21. The summed E-state index contributed by atoms with van der Waals surface area (Å²) >= 11 is 0. The zero-order valence-corrected chi connectivity index (χ0v) is 10.2. The summed E-state index contributed by atoms with van der Waals surface area (Å²) in [5, 5.41) is 2.45. The number of hydrogen-bond acceptors (Lipinski definition) is 3. The molecule has 7 heteroatoms. The van der Waals surface area contributed by atoms with Crippen molar-refractivity contribution < 1.29 is 13.6 Å². The number of carbonyl (C=O) groups is 1. The van der Waals surface area contributed by atoms with Crippen molar-refractivity contribution in [2.45, 2.75) is 6.54 Å². The molecule has 0 spiro atoms. The summed E-state index contributed by atoms with van der Waals surface area (Å²) in [5.74, 6) is -1.84. The van der Waals surface area contributed by atoms with E-state index >= 15 is 0 Å². The second kappa shape index (κ2) is 5.05. The Balaban J connectivity index is 2.15. The normalized spacial score (nSPS) is 10.5. The molecule has 0 bridgehead atoms. The van der Waals surface area contributed by atoms with E-state index in [4.69, 9.17) is 5.73 Å². The molecule has 19 heavy (non-hydrogen) atoms. The zero-order valence-electron chi connectivity index (χ0n) is 10.2. The fourth-order valence-corrected chi connectivity index (χ4v) is 1.60. The van der Waals surface area contributed by atoms with Crippen molar-refractivity contribution in [2.75, 3.05) is 5.73 Å². The number of amides is 1. The highest BCUT2D eigenvalue weighted by Crippen LogP contribution is 2.17. The van der Waals surface area contributed by atoms with Gasteiger partial charge in [-0.25, -0.2) is 13.8 Å². The van der Waals surface area contributed by atoms with Crippen LogP contribution >= 0.6 is 0 Å². The number of halogens is 2. The molecule has 1 heterocycles. The van der Waals surface area contributed by atoms with Gasteiger partial charge < -0.3 is 15.6 Å². The lowest BCUT2D eigenvalue weighted by molar-refractivity contribution is 0.0945. The number of aromatic nitrogens is 2. The number of nitrogens with zero attached hydrogens (tertiary/aromatic N) is 2. The molecule has 0 aliphatic rings. The van der Waals surface area contributed by atoms with Crippen molar-refractivity contribution in [3.63, 3.8) is 0 Å². The average Bonchev–Trinajstić information content (AvgIpc) is 2.76. The molecule has 0 fully saturated rings. The number of nitrogens with two attached hydrogens (primary N) is 1. The Hall–Kier alpha value is -2.44. The third-order valence-corrected chi connectivity index (χ3v) is 2.64. The van der Waals surface area contributed by atoms with Gasteiger partial charge in [-0.1, -0.05) is 0 Å². The molecule has 0 atom stereocenters. The molecule has 0 radical (unpaired) electrons. The van der Waals surface area contributed by atoms with Crippen molar-refractivity contribution in [1.82, 2.24) is 14.9 Å². The van der Waals surface area contributed by atoms with Crippen LogP contribution in [0.3, 0.4) is 0 Å². The average molecular weight is 266 g/mol. The molecular weight excluding hydrogens is 254 g/mol. The fourth-order valence-electron chi connectivity index (χ4n) is 1.60. The largest absolute Gasteiger partial charge is 0.396 e. The maximum absolute atomic E-state index is 13.6. The van der Waals surface area contributed by atoms with Crippen LogP contribution in [0.15, 0.2) is 24.5 Å². The second-order valence-corrected chi connectivity index (χ2v) is 3.99. The molecule has 2 aromatic rings. The number of benzene rings is 1. The lowest BCUT2D eigenvalue weighted by atomic mass is 10.1. The van der Waals surface area contributed by atoms with E-state index in [1.165, 1.54) is 0 Å². The van der Waals surface area contributed by atoms with Crippen LogP contribution in [-0.2, 0) is 13.6 Å². The first-order chi connectivity index (χ1) is 8.99. The molecular formula is C12H12F2N4O. The van der Waals surface area contributed by atoms with Gasteiger partial charge in [0.25, 0.3) is 5.91 Å². The molecule has 3 N–H and O–H groups in total. The summed E-state index contributed by atoms with van der Waals surface area (Å²) < 4.78 is 28.4. The van der Waals surface area contributed by atoms with Gasteiger partial charge in [0.1, 0.15) is 11.6 Å². The van der Waals surface area contributed by atoms with Crippen LogP contribution < -0.4 is 11.1 Å². The quantitative estimate of drug-likeness (QED) is 0.820. The lowest BCUT2D eigenvalue weighted by Gasteiger charge is -2.07. The van der Waals surface area contributed by atoms with E-state index < -0.39 is 28.8 Å². The molecule has 0 saturated heterocycles.